The van der Waals surface area contributed by atoms with Crippen LogP contribution in [0, 0.1) is 0 Å². The third kappa shape index (κ3) is 3.31. The summed E-state index contributed by atoms with van der Waals surface area (Å²) in [5.74, 6) is 0.104. The molecule has 0 radical (unpaired) electrons. The Hall–Kier alpha value is -0.910. The molecule has 0 saturated carbocycles. The van der Waals surface area contributed by atoms with Gasteiger partial charge in [0.25, 0.3) is 0 Å². The highest BCUT2D eigenvalue weighted by Crippen LogP contribution is 2.22. The van der Waals surface area contributed by atoms with Crippen molar-refractivity contribution in [3.63, 3.8) is 0 Å². The minimum absolute atomic E-state index is 0.0494. The molecule has 1 aromatic heterocycles. The Morgan fingerprint density at radius 2 is 2.44 bits per heavy atom. The van der Waals surface area contributed by atoms with Gasteiger partial charge in [-0.15, -0.1) is 11.3 Å². The number of morpholine rings is 1. The van der Waals surface area contributed by atoms with Crippen molar-refractivity contribution in [2.45, 2.75) is 32.0 Å². The lowest BCUT2D eigenvalue weighted by molar-refractivity contribution is -0.166. The van der Waals surface area contributed by atoms with Gasteiger partial charge in [0.1, 0.15) is 0 Å². The van der Waals surface area contributed by atoms with Crippen LogP contribution in [0.15, 0.2) is 17.5 Å². The van der Waals surface area contributed by atoms with Crippen molar-refractivity contribution in [2.24, 2.45) is 0 Å². The molecule has 1 aliphatic rings. The van der Waals surface area contributed by atoms with E-state index in [0.717, 1.165) is 4.88 Å². The zero-order chi connectivity index (χ0) is 13.2. The van der Waals surface area contributed by atoms with Crippen LogP contribution < -0.4 is 0 Å². The maximum Gasteiger partial charge on any atom is 0.228 e. The summed E-state index contributed by atoms with van der Waals surface area (Å²) in [6.45, 7) is 4.89. The number of amides is 1. The van der Waals surface area contributed by atoms with Gasteiger partial charge in [-0.05, 0) is 25.3 Å². The zero-order valence-electron chi connectivity index (χ0n) is 10.8. The van der Waals surface area contributed by atoms with Crippen molar-refractivity contribution in [1.29, 1.82) is 0 Å². The molecule has 1 N–H and O–H groups in total. The Labute approximate surface area is 111 Å². The largest absolute Gasteiger partial charge is 0.394 e. The number of carbonyl (C=O) groups excluding carboxylic acids is 1. The highest BCUT2D eigenvalue weighted by molar-refractivity contribution is 7.10. The Balaban J connectivity index is 2.00. The van der Waals surface area contributed by atoms with Crippen LogP contribution in [-0.2, 0) is 16.0 Å². The van der Waals surface area contributed by atoms with Gasteiger partial charge in [0.2, 0.25) is 5.91 Å². The van der Waals surface area contributed by atoms with Gasteiger partial charge in [-0.25, -0.2) is 0 Å². The summed E-state index contributed by atoms with van der Waals surface area (Å²) >= 11 is 1.59. The van der Waals surface area contributed by atoms with Gasteiger partial charge < -0.3 is 14.7 Å². The summed E-state index contributed by atoms with van der Waals surface area (Å²) in [4.78, 5) is 15.1. The molecule has 18 heavy (non-hydrogen) atoms. The average Bonchev–Trinajstić information content (AvgIpc) is 2.79. The molecule has 0 bridgehead atoms. The average molecular weight is 269 g/mol. The van der Waals surface area contributed by atoms with E-state index >= 15 is 0 Å². The Kier molecular flexibility index (Phi) is 4.04. The molecule has 4 nitrogen and oxygen atoms in total. The fraction of sp³-hybridized carbons (Fsp3) is 0.615. The molecule has 5 heteroatoms. The first-order valence-corrected chi connectivity index (χ1v) is 6.97. The van der Waals surface area contributed by atoms with Crippen LogP contribution in [0.2, 0.25) is 0 Å². The zero-order valence-corrected chi connectivity index (χ0v) is 11.6. The quantitative estimate of drug-likeness (QED) is 0.899. The molecule has 1 amide bonds. The summed E-state index contributed by atoms with van der Waals surface area (Å²) in [5, 5.41) is 11.2. The number of nitrogens with zero attached hydrogens (tertiary/aromatic N) is 1. The van der Waals surface area contributed by atoms with Crippen LogP contribution in [0.25, 0.3) is 0 Å². The first-order valence-electron chi connectivity index (χ1n) is 6.09. The Morgan fingerprint density at radius 1 is 1.67 bits per heavy atom. The van der Waals surface area contributed by atoms with Gasteiger partial charge in [-0.1, -0.05) is 6.07 Å². The van der Waals surface area contributed by atoms with E-state index in [2.05, 4.69) is 0 Å². The van der Waals surface area contributed by atoms with Gasteiger partial charge in [0, 0.05) is 18.0 Å². The van der Waals surface area contributed by atoms with Gasteiger partial charge >= 0.3 is 0 Å². The summed E-state index contributed by atoms with van der Waals surface area (Å²) in [5.41, 5.74) is -0.392. The highest BCUT2D eigenvalue weighted by Gasteiger charge is 2.35. The second-order valence-electron chi connectivity index (χ2n) is 5.21. The van der Waals surface area contributed by atoms with Crippen molar-refractivity contribution >= 4 is 17.2 Å². The summed E-state index contributed by atoms with van der Waals surface area (Å²) in [6, 6.07) is 3.92. The van der Waals surface area contributed by atoms with E-state index in [-0.39, 0.29) is 18.6 Å². The van der Waals surface area contributed by atoms with Crippen molar-refractivity contribution < 1.29 is 14.6 Å². The van der Waals surface area contributed by atoms with Crippen LogP contribution >= 0.6 is 11.3 Å². The summed E-state index contributed by atoms with van der Waals surface area (Å²) in [6.07, 6.45) is 0.160. The maximum atomic E-state index is 12.2. The molecule has 1 aliphatic heterocycles. The first-order chi connectivity index (χ1) is 8.50. The molecule has 0 aliphatic carbocycles. The van der Waals surface area contributed by atoms with Crippen LogP contribution in [0.4, 0.5) is 0 Å². The molecule has 1 aromatic rings. The lowest BCUT2D eigenvalue weighted by Crippen LogP contribution is -2.55. The fourth-order valence-electron chi connectivity index (χ4n) is 2.25. The molecule has 100 valence electrons. The number of carbonyl (C=O) groups is 1. The van der Waals surface area contributed by atoms with E-state index in [1.807, 2.05) is 31.4 Å². The van der Waals surface area contributed by atoms with Gasteiger partial charge in [0.05, 0.1) is 24.7 Å². The molecule has 0 spiro atoms. The number of hydrogen-bond acceptors (Lipinski definition) is 4. The second kappa shape index (κ2) is 5.38. The number of aliphatic hydroxyl groups excluding tert-OH is 1. The second-order valence-corrected chi connectivity index (χ2v) is 6.24. The number of hydrogen-bond donors (Lipinski definition) is 1. The molecule has 1 saturated heterocycles. The van der Waals surface area contributed by atoms with E-state index in [0.29, 0.717) is 19.5 Å². The number of ether oxygens (including phenoxy) is 1. The minimum atomic E-state index is -0.392. The minimum Gasteiger partial charge on any atom is -0.394 e. The molecule has 2 heterocycles. The van der Waals surface area contributed by atoms with Crippen molar-refractivity contribution in [3.05, 3.63) is 22.4 Å². The van der Waals surface area contributed by atoms with Crippen LogP contribution in [0.5, 0.6) is 0 Å². The first kappa shape index (κ1) is 13.5. The standard InChI is InChI=1S/C13H19NO3S/c1-13(2)9-14(7-10(8-15)17-13)12(16)6-11-4-3-5-18-11/h3-5,10,15H,6-9H2,1-2H3. The van der Waals surface area contributed by atoms with Crippen molar-refractivity contribution in [3.8, 4) is 0 Å². The van der Waals surface area contributed by atoms with E-state index in [1.165, 1.54) is 0 Å². The molecule has 1 fully saturated rings. The maximum absolute atomic E-state index is 12.2. The number of rotatable bonds is 3. The normalized spacial score (nSPS) is 23.1. The van der Waals surface area contributed by atoms with E-state index in [4.69, 9.17) is 4.74 Å². The Bertz CT molecular complexity index is 402. The smallest absolute Gasteiger partial charge is 0.228 e. The van der Waals surface area contributed by atoms with E-state index < -0.39 is 5.60 Å². The van der Waals surface area contributed by atoms with Gasteiger partial charge in [0.15, 0.2) is 0 Å². The molecule has 0 aromatic carbocycles. The third-order valence-electron chi connectivity index (χ3n) is 2.94. The molecular weight excluding hydrogens is 250 g/mol. The molecule has 1 atom stereocenters. The van der Waals surface area contributed by atoms with Crippen molar-refractivity contribution in [2.75, 3.05) is 19.7 Å². The predicted octanol–water partition coefficient (Wildman–Crippen LogP) is 1.29. The predicted molar refractivity (Wildman–Crippen MR) is 70.6 cm³/mol. The lowest BCUT2D eigenvalue weighted by atomic mass is 10.0. The van der Waals surface area contributed by atoms with Gasteiger partial charge in [-0.2, -0.15) is 0 Å². The number of thiophene rings is 1. The van der Waals surface area contributed by atoms with E-state index in [9.17, 15) is 9.90 Å². The molecular formula is C13H19NO3S. The third-order valence-corrected chi connectivity index (χ3v) is 3.82. The van der Waals surface area contributed by atoms with Crippen LogP contribution in [-0.4, -0.2) is 47.3 Å². The Morgan fingerprint density at radius 3 is 3.06 bits per heavy atom. The molecule has 1 unspecified atom stereocenters. The SMILES string of the molecule is CC1(C)CN(C(=O)Cc2cccs2)CC(CO)O1. The lowest BCUT2D eigenvalue weighted by Gasteiger charge is -2.42. The number of aliphatic hydroxyl groups is 1. The topological polar surface area (TPSA) is 49.8 Å². The molecule has 2 rings (SSSR count). The van der Waals surface area contributed by atoms with Gasteiger partial charge in [-0.3, -0.25) is 4.79 Å². The van der Waals surface area contributed by atoms with Crippen LogP contribution in [0.3, 0.4) is 0 Å². The van der Waals surface area contributed by atoms with Crippen molar-refractivity contribution in [1.82, 2.24) is 4.90 Å². The highest BCUT2D eigenvalue weighted by atomic mass is 32.1. The summed E-state index contributed by atoms with van der Waals surface area (Å²) < 4.78 is 5.70. The van der Waals surface area contributed by atoms with E-state index in [1.54, 1.807) is 16.2 Å². The monoisotopic (exact) mass is 269 g/mol. The fourth-order valence-corrected chi connectivity index (χ4v) is 2.95. The van der Waals surface area contributed by atoms with Crippen LogP contribution in [0.1, 0.15) is 18.7 Å². The summed E-state index contributed by atoms with van der Waals surface area (Å²) in [7, 11) is 0.